The Bertz CT molecular complexity index is 148. The monoisotopic (exact) mass is 154 g/mol. The summed E-state index contributed by atoms with van der Waals surface area (Å²) in [7, 11) is 0. The molecule has 2 heteroatoms. The third-order valence-corrected chi connectivity index (χ3v) is 1.81. The lowest BCUT2D eigenvalue weighted by Gasteiger charge is -2.04. The van der Waals surface area contributed by atoms with Crippen LogP contribution in [0.25, 0.3) is 0 Å². The van der Waals surface area contributed by atoms with Crippen molar-refractivity contribution >= 4 is 11.9 Å². The summed E-state index contributed by atoms with van der Waals surface area (Å²) in [5, 5.41) is 7.99. The lowest BCUT2D eigenvalue weighted by molar-refractivity contribution is 0.732. The van der Waals surface area contributed by atoms with Crippen molar-refractivity contribution in [3.63, 3.8) is 0 Å². The Kier molecular flexibility index (Phi) is 5.71. The normalized spacial score (nSPS) is 15.8. The molecule has 0 N–H and O–H groups in total. The van der Waals surface area contributed by atoms with Gasteiger partial charge >= 0.3 is 0 Å². The average molecular weight is 154 g/mol. The molecule has 0 rings (SSSR count). The molecule has 11 heavy (non-hydrogen) atoms. The molecule has 0 radical (unpaired) electrons. The van der Waals surface area contributed by atoms with Crippen LogP contribution in [-0.4, -0.2) is 11.9 Å². The Labute approximate surface area is 69.4 Å². The van der Waals surface area contributed by atoms with Gasteiger partial charge < -0.3 is 0 Å². The third kappa shape index (κ3) is 4.71. The average Bonchev–Trinajstić information content (AvgIpc) is 2.03. The van der Waals surface area contributed by atoms with Crippen molar-refractivity contribution in [2.24, 2.45) is 16.1 Å². The highest BCUT2D eigenvalue weighted by Gasteiger charge is 2.00. The fourth-order valence-corrected chi connectivity index (χ4v) is 0.608. The maximum atomic E-state index is 4.07. The largest absolute Gasteiger partial charge is 0.164 e. The van der Waals surface area contributed by atoms with Gasteiger partial charge in [0.1, 0.15) is 0 Å². The maximum absolute atomic E-state index is 4.07. The third-order valence-electron chi connectivity index (χ3n) is 1.81. The first-order valence-electron chi connectivity index (χ1n) is 4.28. The number of rotatable bonds is 4. The summed E-state index contributed by atoms with van der Waals surface area (Å²) in [4.78, 5) is 0. The van der Waals surface area contributed by atoms with Crippen LogP contribution in [0, 0.1) is 5.92 Å². The van der Waals surface area contributed by atoms with Crippen molar-refractivity contribution in [1.82, 2.24) is 0 Å². The molecule has 0 aliphatic heterocycles. The molecule has 0 aromatic carbocycles. The van der Waals surface area contributed by atoms with E-state index in [0.717, 1.165) is 18.6 Å². The first-order chi connectivity index (χ1) is 5.22. The highest BCUT2D eigenvalue weighted by molar-refractivity contribution is 5.84. The van der Waals surface area contributed by atoms with Gasteiger partial charge in [-0.3, -0.25) is 0 Å². The minimum absolute atomic E-state index is 0.559. The van der Waals surface area contributed by atoms with Gasteiger partial charge in [0.2, 0.25) is 0 Å². The molecule has 0 spiro atoms. The summed E-state index contributed by atoms with van der Waals surface area (Å²) < 4.78 is 0. The molecule has 0 aromatic heterocycles. The Morgan fingerprint density at radius 3 is 2.55 bits per heavy atom. The van der Waals surface area contributed by atoms with E-state index in [2.05, 4.69) is 31.0 Å². The van der Waals surface area contributed by atoms with Gasteiger partial charge in [-0.2, -0.15) is 10.2 Å². The predicted octanol–water partition coefficient (Wildman–Crippen LogP) is 2.89. The predicted molar refractivity (Wildman–Crippen MR) is 51.3 cm³/mol. The van der Waals surface area contributed by atoms with Crippen molar-refractivity contribution in [2.45, 2.75) is 40.5 Å². The topological polar surface area (TPSA) is 24.7 Å². The van der Waals surface area contributed by atoms with Gasteiger partial charge in [0.05, 0.1) is 0 Å². The Balaban J connectivity index is 3.89. The molecule has 0 amide bonds. The second kappa shape index (κ2) is 6.08. The van der Waals surface area contributed by atoms with Gasteiger partial charge in [-0.25, -0.2) is 0 Å². The highest BCUT2D eigenvalue weighted by atomic mass is 15.2. The molecule has 0 aliphatic rings. The van der Waals surface area contributed by atoms with Crippen LogP contribution < -0.4 is 0 Å². The van der Waals surface area contributed by atoms with Gasteiger partial charge in [0, 0.05) is 11.9 Å². The van der Waals surface area contributed by atoms with E-state index in [0.29, 0.717) is 5.92 Å². The van der Waals surface area contributed by atoms with E-state index in [1.165, 1.54) is 0 Å². The molecule has 0 saturated heterocycles. The smallest absolute Gasteiger partial charge is 0.0402 e. The molecule has 0 saturated carbocycles. The summed E-state index contributed by atoms with van der Waals surface area (Å²) in [5.41, 5.74) is 1.12. The fraction of sp³-hybridized carbons (Fsp3) is 0.778. The lowest BCUT2D eigenvalue weighted by Crippen LogP contribution is -2.04. The lowest BCUT2D eigenvalue weighted by atomic mass is 10.1. The molecule has 0 aliphatic carbocycles. The molecule has 0 bridgehead atoms. The van der Waals surface area contributed by atoms with Crippen molar-refractivity contribution in [1.29, 1.82) is 0 Å². The van der Waals surface area contributed by atoms with Crippen LogP contribution in [0.5, 0.6) is 0 Å². The molecule has 0 aromatic rings. The summed E-state index contributed by atoms with van der Waals surface area (Å²) >= 11 is 0. The van der Waals surface area contributed by atoms with Gasteiger partial charge in [0.25, 0.3) is 0 Å². The van der Waals surface area contributed by atoms with Gasteiger partial charge in [-0.15, -0.1) is 0 Å². The standard InChI is InChI=1S/C9H18N2/c1-5-7-10-11-9(4)8(3)6-2/h7-8H,5-6H2,1-4H3/b10-7+,11-9?. The van der Waals surface area contributed by atoms with Crippen molar-refractivity contribution < 1.29 is 0 Å². The second-order valence-electron chi connectivity index (χ2n) is 2.76. The Morgan fingerprint density at radius 2 is 2.09 bits per heavy atom. The van der Waals surface area contributed by atoms with Crippen LogP contribution in [-0.2, 0) is 0 Å². The van der Waals surface area contributed by atoms with Crippen LogP contribution in [0.15, 0.2) is 10.2 Å². The van der Waals surface area contributed by atoms with E-state index in [1.54, 1.807) is 0 Å². The van der Waals surface area contributed by atoms with Crippen molar-refractivity contribution in [2.75, 3.05) is 0 Å². The molecule has 64 valence electrons. The zero-order chi connectivity index (χ0) is 8.69. The van der Waals surface area contributed by atoms with E-state index >= 15 is 0 Å². The number of hydrogen-bond donors (Lipinski definition) is 0. The van der Waals surface area contributed by atoms with Crippen LogP contribution in [0.4, 0.5) is 0 Å². The first-order valence-corrected chi connectivity index (χ1v) is 4.28. The summed E-state index contributed by atoms with van der Waals surface area (Å²) in [6.07, 6.45) is 3.92. The summed E-state index contributed by atoms with van der Waals surface area (Å²) in [6.45, 7) is 8.41. The van der Waals surface area contributed by atoms with Crippen LogP contribution in [0.3, 0.4) is 0 Å². The Morgan fingerprint density at radius 1 is 1.45 bits per heavy atom. The van der Waals surface area contributed by atoms with Crippen LogP contribution in [0.1, 0.15) is 40.5 Å². The molecular weight excluding hydrogens is 136 g/mol. The van der Waals surface area contributed by atoms with E-state index in [1.807, 2.05) is 13.1 Å². The quantitative estimate of drug-likeness (QED) is 0.439. The van der Waals surface area contributed by atoms with E-state index < -0.39 is 0 Å². The minimum atomic E-state index is 0.559. The second-order valence-corrected chi connectivity index (χ2v) is 2.76. The number of hydrogen-bond acceptors (Lipinski definition) is 2. The maximum Gasteiger partial charge on any atom is 0.0402 e. The summed E-state index contributed by atoms with van der Waals surface area (Å²) in [6, 6.07) is 0. The molecule has 1 unspecified atom stereocenters. The SMILES string of the molecule is CC/C=N/N=C(C)C(C)CC. The molecule has 1 atom stereocenters. The van der Waals surface area contributed by atoms with Gasteiger partial charge in [-0.1, -0.05) is 20.8 Å². The van der Waals surface area contributed by atoms with Crippen LogP contribution >= 0.6 is 0 Å². The van der Waals surface area contributed by atoms with Crippen molar-refractivity contribution in [3.8, 4) is 0 Å². The molecule has 2 nitrogen and oxygen atoms in total. The van der Waals surface area contributed by atoms with Gasteiger partial charge in [-0.05, 0) is 25.7 Å². The van der Waals surface area contributed by atoms with Crippen molar-refractivity contribution in [3.05, 3.63) is 0 Å². The highest BCUT2D eigenvalue weighted by Crippen LogP contribution is 2.03. The summed E-state index contributed by atoms with van der Waals surface area (Å²) in [5.74, 6) is 0.559. The fourth-order valence-electron chi connectivity index (χ4n) is 0.608. The Hall–Kier alpha value is -0.660. The minimum Gasteiger partial charge on any atom is -0.164 e. The van der Waals surface area contributed by atoms with E-state index in [4.69, 9.17) is 0 Å². The zero-order valence-corrected chi connectivity index (χ0v) is 7.96. The van der Waals surface area contributed by atoms with E-state index in [9.17, 15) is 0 Å². The first kappa shape index (κ1) is 10.3. The molecular formula is C9H18N2. The van der Waals surface area contributed by atoms with E-state index in [-0.39, 0.29) is 0 Å². The number of nitrogens with zero attached hydrogens (tertiary/aromatic N) is 2. The molecule has 0 fully saturated rings. The zero-order valence-electron chi connectivity index (χ0n) is 7.96. The molecule has 0 heterocycles. The van der Waals surface area contributed by atoms with Gasteiger partial charge in [0.15, 0.2) is 0 Å². The van der Waals surface area contributed by atoms with Crippen LogP contribution in [0.2, 0.25) is 0 Å².